The van der Waals surface area contributed by atoms with E-state index in [2.05, 4.69) is 53.8 Å². The minimum Gasteiger partial charge on any atom is -0.450 e. The molecule has 8 heteroatoms. The van der Waals surface area contributed by atoms with Crippen LogP contribution in [0.2, 0.25) is 0 Å². The minimum absolute atomic E-state index is 0.0520. The van der Waals surface area contributed by atoms with E-state index in [4.69, 9.17) is 4.74 Å². The topological polar surface area (TPSA) is 82.3 Å². The van der Waals surface area contributed by atoms with Gasteiger partial charge in [0.1, 0.15) is 11.6 Å². The quantitative estimate of drug-likeness (QED) is 0.518. The number of rotatable bonds is 4. The van der Waals surface area contributed by atoms with Crippen molar-refractivity contribution in [1.82, 2.24) is 14.9 Å². The van der Waals surface area contributed by atoms with Crippen LogP contribution < -0.4 is 4.90 Å². The lowest BCUT2D eigenvalue weighted by Gasteiger charge is -2.35. The third kappa shape index (κ3) is 5.10. The zero-order chi connectivity index (χ0) is 22.6. The van der Waals surface area contributed by atoms with Gasteiger partial charge in [-0.25, -0.2) is 14.8 Å². The predicted octanol–water partition coefficient (Wildman–Crippen LogP) is 4.31. The van der Waals surface area contributed by atoms with Crippen LogP contribution in [0, 0.1) is 11.3 Å². The maximum Gasteiger partial charge on any atom is 0.409 e. The number of amides is 1. The van der Waals surface area contributed by atoms with Crippen molar-refractivity contribution in [1.29, 1.82) is 5.26 Å². The van der Waals surface area contributed by atoms with Crippen LogP contribution in [0.3, 0.4) is 0 Å². The van der Waals surface area contributed by atoms with Crippen LogP contribution in [-0.4, -0.2) is 60.0 Å². The first-order valence-electron chi connectivity index (χ1n) is 10.4. The molecule has 2 heterocycles. The minimum atomic E-state index is -0.297. The van der Waals surface area contributed by atoms with Gasteiger partial charge in [0.25, 0.3) is 0 Å². The molecule has 1 amide bonds. The summed E-state index contributed by atoms with van der Waals surface area (Å²) in [5, 5.41) is 10.6. The van der Waals surface area contributed by atoms with Crippen LogP contribution in [0.25, 0.3) is 11.3 Å². The highest BCUT2D eigenvalue weighted by Crippen LogP contribution is 2.32. The van der Waals surface area contributed by atoms with Crippen LogP contribution in [0.4, 0.5) is 10.6 Å². The molecular formula is C23H29N5O2S. The molecule has 2 aromatic rings. The largest absolute Gasteiger partial charge is 0.450 e. The fourth-order valence-corrected chi connectivity index (χ4v) is 3.86. The molecule has 1 saturated heterocycles. The second kappa shape index (κ2) is 9.56. The SMILES string of the molecule is CCOC(=O)N1CCN(c2nc(SC)nc(-c3ccc(C(C)(C)C)cc3)c2C#N)CC1. The lowest BCUT2D eigenvalue weighted by Crippen LogP contribution is -2.49. The number of ether oxygens (including phenoxy) is 1. The number of hydrogen-bond acceptors (Lipinski definition) is 7. The van der Waals surface area contributed by atoms with Crippen LogP contribution in [0.1, 0.15) is 38.8 Å². The maximum atomic E-state index is 12.0. The second-order valence-electron chi connectivity index (χ2n) is 8.37. The van der Waals surface area contributed by atoms with Crippen molar-refractivity contribution in [3.05, 3.63) is 35.4 Å². The van der Waals surface area contributed by atoms with E-state index in [0.29, 0.717) is 55.0 Å². The molecule has 0 N–H and O–H groups in total. The third-order valence-electron chi connectivity index (χ3n) is 5.29. The van der Waals surface area contributed by atoms with E-state index in [1.165, 1.54) is 17.3 Å². The van der Waals surface area contributed by atoms with E-state index in [-0.39, 0.29) is 11.5 Å². The molecule has 7 nitrogen and oxygen atoms in total. The first-order chi connectivity index (χ1) is 14.8. The zero-order valence-corrected chi connectivity index (χ0v) is 19.6. The highest BCUT2D eigenvalue weighted by molar-refractivity contribution is 7.98. The molecule has 1 aliphatic rings. The Bertz CT molecular complexity index is 971. The predicted molar refractivity (Wildman–Crippen MR) is 123 cm³/mol. The third-order valence-corrected chi connectivity index (χ3v) is 5.84. The summed E-state index contributed by atoms with van der Waals surface area (Å²) in [7, 11) is 0. The maximum absolute atomic E-state index is 12.0. The van der Waals surface area contributed by atoms with Crippen molar-refractivity contribution in [3.63, 3.8) is 0 Å². The first kappa shape index (κ1) is 22.9. The lowest BCUT2D eigenvalue weighted by molar-refractivity contribution is 0.105. The Labute approximate surface area is 188 Å². The van der Waals surface area contributed by atoms with Gasteiger partial charge in [-0.3, -0.25) is 0 Å². The standard InChI is InChI=1S/C23H29N5O2S/c1-6-30-22(29)28-13-11-27(12-14-28)20-18(15-24)19(25-21(26-20)31-5)16-7-9-17(10-8-16)23(2,3)4/h7-10H,6,11-14H2,1-5H3. The van der Waals surface area contributed by atoms with Crippen molar-refractivity contribution in [3.8, 4) is 17.3 Å². The number of piperazine rings is 1. The van der Waals surface area contributed by atoms with Gasteiger partial charge in [0.2, 0.25) is 0 Å². The van der Waals surface area contributed by atoms with Gasteiger partial charge in [-0.2, -0.15) is 5.26 Å². The van der Waals surface area contributed by atoms with Crippen LogP contribution in [0.5, 0.6) is 0 Å². The van der Waals surface area contributed by atoms with E-state index in [1.807, 2.05) is 18.4 Å². The highest BCUT2D eigenvalue weighted by atomic mass is 32.2. The summed E-state index contributed by atoms with van der Waals surface area (Å²) in [5.41, 5.74) is 3.28. The van der Waals surface area contributed by atoms with Gasteiger partial charge in [0, 0.05) is 31.7 Å². The van der Waals surface area contributed by atoms with Crippen molar-refractivity contribution < 1.29 is 9.53 Å². The van der Waals surface area contributed by atoms with Gasteiger partial charge < -0.3 is 14.5 Å². The summed E-state index contributed by atoms with van der Waals surface area (Å²) in [6.07, 6.45) is 1.63. The molecule has 164 valence electrons. The number of thioether (sulfide) groups is 1. The molecule has 1 aliphatic heterocycles. The average Bonchev–Trinajstić information content (AvgIpc) is 2.78. The number of anilines is 1. The summed E-state index contributed by atoms with van der Waals surface area (Å²) in [6.45, 7) is 10.9. The molecule has 1 fully saturated rings. The molecule has 0 atom stereocenters. The zero-order valence-electron chi connectivity index (χ0n) is 18.8. The van der Waals surface area contributed by atoms with E-state index < -0.39 is 0 Å². The van der Waals surface area contributed by atoms with E-state index >= 15 is 0 Å². The Morgan fingerprint density at radius 2 is 1.81 bits per heavy atom. The smallest absolute Gasteiger partial charge is 0.409 e. The summed E-state index contributed by atoms with van der Waals surface area (Å²) >= 11 is 1.45. The Morgan fingerprint density at radius 3 is 2.32 bits per heavy atom. The summed E-state index contributed by atoms with van der Waals surface area (Å²) < 4.78 is 5.10. The number of nitrogens with zero attached hydrogens (tertiary/aromatic N) is 5. The van der Waals surface area contributed by atoms with Gasteiger partial charge in [-0.05, 0) is 24.2 Å². The Balaban J connectivity index is 1.94. The fraction of sp³-hybridized carbons (Fsp3) is 0.478. The molecule has 0 aliphatic carbocycles. The van der Waals surface area contributed by atoms with Crippen molar-refractivity contribution >= 4 is 23.7 Å². The normalized spacial score (nSPS) is 14.3. The van der Waals surface area contributed by atoms with Crippen molar-refractivity contribution in [2.45, 2.75) is 38.3 Å². The average molecular weight is 440 g/mol. The van der Waals surface area contributed by atoms with E-state index in [1.54, 1.807) is 11.8 Å². The molecule has 0 unspecified atom stereocenters. The molecule has 0 spiro atoms. The summed E-state index contributed by atoms with van der Waals surface area (Å²) in [4.78, 5) is 25.1. The Kier molecular flexibility index (Phi) is 7.06. The van der Waals surface area contributed by atoms with Gasteiger partial charge in [-0.15, -0.1) is 0 Å². The fourth-order valence-electron chi connectivity index (χ4n) is 3.50. The number of carbonyl (C=O) groups excluding carboxylic acids is 1. The van der Waals surface area contributed by atoms with Crippen LogP contribution >= 0.6 is 11.8 Å². The van der Waals surface area contributed by atoms with E-state index in [9.17, 15) is 10.1 Å². The molecular weight excluding hydrogens is 410 g/mol. The number of hydrogen-bond donors (Lipinski definition) is 0. The van der Waals surface area contributed by atoms with Crippen LogP contribution in [0.15, 0.2) is 29.4 Å². The summed E-state index contributed by atoms with van der Waals surface area (Å²) in [6, 6.07) is 10.6. The number of benzene rings is 1. The number of nitriles is 1. The molecule has 1 aromatic heterocycles. The Morgan fingerprint density at radius 1 is 1.16 bits per heavy atom. The lowest BCUT2D eigenvalue weighted by atomic mass is 9.86. The molecule has 3 rings (SSSR count). The Hall–Kier alpha value is -2.79. The highest BCUT2D eigenvalue weighted by Gasteiger charge is 2.27. The summed E-state index contributed by atoms with van der Waals surface area (Å²) in [5.74, 6) is 0.625. The number of carbonyl (C=O) groups is 1. The van der Waals surface area contributed by atoms with Gasteiger partial charge in [-0.1, -0.05) is 56.8 Å². The van der Waals surface area contributed by atoms with Gasteiger partial charge in [0.05, 0.1) is 12.3 Å². The number of aromatic nitrogens is 2. The van der Waals surface area contributed by atoms with Crippen LogP contribution in [-0.2, 0) is 10.2 Å². The molecule has 1 aromatic carbocycles. The second-order valence-corrected chi connectivity index (χ2v) is 9.14. The molecule has 0 radical (unpaired) electrons. The van der Waals surface area contributed by atoms with E-state index in [0.717, 1.165) is 5.56 Å². The molecule has 0 bridgehead atoms. The van der Waals surface area contributed by atoms with Crippen molar-refractivity contribution in [2.75, 3.05) is 43.9 Å². The first-order valence-corrected chi connectivity index (χ1v) is 11.6. The van der Waals surface area contributed by atoms with Gasteiger partial charge in [0.15, 0.2) is 11.0 Å². The molecule has 31 heavy (non-hydrogen) atoms. The van der Waals surface area contributed by atoms with Crippen molar-refractivity contribution in [2.24, 2.45) is 0 Å². The van der Waals surface area contributed by atoms with Gasteiger partial charge >= 0.3 is 6.09 Å². The molecule has 0 saturated carbocycles. The monoisotopic (exact) mass is 439 g/mol.